The Morgan fingerprint density at radius 3 is 2.58 bits per heavy atom. The van der Waals surface area contributed by atoms with Gasteiger partial charge in [-0.15, -0.1) is 0 Å². The van der Waals surface area contributed by atoms with Gasteiger partial charge in [-0.05, 0) is 56.5 Å². The zero-order valence-electron chi connectivity index (χ0n) is 10.5. The average Bonchev–Trinajstić information content (AvgIpc) is 2.87. The van der Waals surface area contributed by atoms with Crippen LogP contribution in [0.25, 0.3) is 0 Å². The molecule has 0 aliphatic rings. The number of ether oxygens (including phenoxy) is 1. The molecule has 2 aromatic rings. The number of benzene rings is 1. The van der Waals surface area contributed by atoms with E-state index in [1.807, 2.05) is 13.1 Å². The molecule has 2 N–H and O–H groups in total. The zero-order chi connectivity index (χ0) is 13.7. The Morgan fingerprint density at radius 1 is 1.26 bits per heavy atom. The Labute approximate surface area is 129 Å². The third-order valence-corrected chi connectivity index (χ3v) is 3.72. The van der Waals surface area contributed by atoms with Crippen LogP contribution in [0.5, 0.6) is 5.75 Å². The molecule has 4 nitrogen and oxygen atoms in total. The van der Waals surface area contributed by atoms with E-state index in [0.717, 1.165) is 33.5 Å². The van der Waals surface area contributed by atoms with Gasteiger partial charge in [0.15, 0.2) is 0 Å². The third kappa shape index (κ3) is 4.06. The molecule has 0 atom stereocenters. The van der Waals surface area contributed by atoms with Gasteiger partial charge < -0.3 is 15.0 Å². The second-order valence-electron chi connectivity index (χ2n) is 4.00. The molecule has 0 saturated heterocycles. The smallest absolute Gasteiger partial charge is 0.147 e. The summed E-state index contributed by atoms with van der Waals surface area (Å²) in [4.78, 5) is 7.04. The molecule has 1 aromatic heterocycles. The van der Waals surface area contributed by atoms with E-state index < -0.39 is 0 Å². The van der Waals surface area contributed by atoms with E-state index in [4.69, 9.17) is 4.74 Å². The highest BCUT2D eigenvalue weighted by atomic mass is 79.9. The van der Waals surface area contributed by atoms with Crippen LogP contribution in [0, 0.1) is 0 Å². The van der Waals surface area contributed by atoms with Crippen molar-refractivity contribution in [3.63, 3.8) is 0 Å². The van der Waals surface area contributed by atoms with Crippen LogP contribution in [0.15, 0.2) is 33.6 Å². The van der Waals surface area contributed by atoms with Crippen LogP contribution >= 0.6 is 31.9 Å². The second-order valence-corrected chi connectivity index (χ2v) is 5.71. The molecule has 0 aliphatic heterocycles. The van der Waals surface area contributed by atoms with E-state index in [1.165, 1.54) is 5.56 Å². The largest absolute Gasteiger partial charge is 0.492 e. The molecule has 2 rings (SSSR count). The van der Waals surface area contributed by atoms with Gasteiger partial charge in [-0.1, -0.05) is 0 Å². The van der Waals surface area contributed by atoms with Crippen molar-refractivity contribution in [1.29, 1.82) is 0 Å². The number of rotatable bonds is 6. The summed E-state index contributed by atoms with van der Waals surface area (Å²) >= 11 is 7.06. The van der Waals surface area contributed by atoms with E-state index in [9.17, 15) is 0 Å². The number of halogens is 2. The molecular weight excluding hydrogens is 374 g/mol. The van der Waals surface area contributed by atoms with E-state index in [-0.39, 0.29) is 0 Å². The lowest BCUT2D eigenvalue weighted by atomic mass is 10.2. The van der Waals surface area contributed by atoms with E-state index >= 15 is 0 Å². The number of hydrogen-bond donors (Lipinski definition) is 2. The first kappa shape index (κ1) is 14.6. The number of hydrogen-bond acceptors (Lipinski definition) is 3. The fourth-order valence-electron chi connectivity index (χ4n) is 1.72. The van der Waals surface area contributed by atoms with Crippen molar-refractivity contribution >= 4 is 31.9 Å². The number of H-pyrrole nitrogens is 1. The van der Waals surface area contributed by atoms with Crippen molar-refractivity contribution < 1.29 is 4.74 Å². The van der Waals surface area contributed by atoms with Gasteiger partial charge in [0.05, 0.1) is 21.9 Å². The molecule has 0 bridgehead atoms. The highest BCUT2D eigenvalue weighted by Gasteiger charge is 2.08. The highest BCUT2D eigenvalue weighted by molar-refractivity contribution is 9.11. The molecular formula is C13H15Br2N3O. The SMILES string of the molecule is CCOc1c(Br)cc(CNCc2cnc[nH]2)cc1Br. The first-order valence-electron chi connectivity index (χ1n) is 5.99. The summed E-state index contributed by atoms with van der Waals surface area (Å²) in [5, 5.41) is 3.36. The second kappa shape index (κ2) is 7.07. The third-order valence-electron chi connectivity index (χ3n) is 2.55. The molecule has 1 heterocycles. The molecule has 0 saturated carbocycles. The first-order valence-corrected chi connectivity index (χ1v) is 7.58. The summed E-state index contributed by atoms with van der Waals surface area (Å²) in [5.41, 5.74) is 2.26. The van der Waals surface area contributed by atoms with E-state index in [2.05, 4.69) is 59.3 Å². The molecule has 0 unspecified atom stereocenters. The lowest BCUT2D eigenvalue weighted by molar-refractivity contribution is 0.336. The molecule has 0 aliphatic carbocycles. The maximum atomic E-state index is 5.56. The number of nitrogens with one attached hydrogen (secondary N) is 2. The average molecular weight is 389 g/mol. The number of imidazole rings is 1. The maximum Gasteiger partial charge on any atom is 0.147 e. The van der Waals surface area contributed by atoms with Gasteiger partial charge in [0.2, 0.25) is 0 Å². The van der Waals surface area contributed by atoms with Crippen LogP contribution in [0.4, 0.5) is 0 Å². The zero-order valence-corrected chi connectivity index (χ0v) is 13.7. The number of aromatic nitrogens is 2. The van der Waals surface area contributed by atoms with Gasteiger partial charge in [0.1, 0.15) is 5.75 Å². The lowest BCUT2D eigenvalue weighted by Gasteiger charge is -2.11. The monoisotopic (exact) mass is 387 g/mol. The minimum atomic E-state index is 0.647. The van der Waals surface area contributed by atoms with Gasteiger partial charge >= 0.3 is 0 Å². The fourth-order valence-corrected chi connectivity index (χ4v) is 3.23. The summed E-state index contributed by atoms with van der Waals surface area (Å²) < 4.78 is 7.48. The van der Waals surface area contributed by atoms with Crippen LogP contribution < -0.4 is 10.1 Å². The molecule has 0 amide bonds. The van der Waals surface area contributed by atoms with Crippen LogP contribution in [-0.4, -0.2) is 16.6 Å². The topological polar surface area (TPSA) is 49.9 Å². The summed E-state index contributed by atoms with van der Waals surface area (Å²) in [6, 6.07) is 4.13. The Balaban J connectivity index is 1.97. The molecule has 0 fully saturated rings. The number of nitrogens with zero attached hydrogens (tertiary/aromatic N) is 1. The van der Waals surface area contributed by atoms with E-state index in [0.29, 0.717) is 6.61 Å². The summed E-state index contributed by atoms with van der Waals surface area (Å²) in [6.07, 6.45) is 3.50. The molecule has 0 spiro atoms. The van der Waals surface area contributed by atoms with Crippen LogP contribution in [-0.2, 0) is 13.1 Å². The maximum absolute atomic E-state index is 5.56. The summed E-state index contributed by atoms with van der Waals surface area (Å²) in [7, 11) is 0. The van der Waals surface area contributed by atoms with E-state index in [1.54, 1.807) is 6.33 Å². The van der Waals surface area contributed by atoms with Gasteiger partial charge in [-0.25, -0.2) is 4.98 Å². The molecule has 6 heteroatoms. The summed E-state index contributed by atoms with van der Waals surface area (Å²) in [6.45, 7) is 4.17. The van der Waals surface area contributed by atoms with Crippen molar-refractivity contribution in [3.05, 3.63) is 44.9 Å². The number of aromatic amines is 1. The van der Waals surface area contributed by atoms with Crippen molar-refractivity contribution in [3.8, 4) is 5.75 Å². The van der Waals surface area contributed by atoms with Gasteiger partial charge in [0.25, 0.3) is 0 Å². The lowest BCUT2D eigenvalue weighted by Crippen LogP contribution is -2.13. The summed E-state index contributed by atoms with van der Waals surface area (Å²) in [5.74, 6) is 0.847. The predicted octanol–water partition coefficient (Wildman–Crippen LogP) is 3.62. The molecule has 0 radical (unpaired) electrons. The first-order chi connectivity index (χ1) is 9.20. The van der Waals surface area contributed by atoms with Crippen LogP contribution in [0.1, 0.15) is 18.2 Å². The predicted molar refractivity (Wildman–Crippen MR) is 82.1 cm³/mol. The van der Waals surface area contributed by atoms with Crippen LogP contribution in [0.2, 0.25) is 0 Å². The minimum absolute atomic E-state index is 0.647. The van der Waals surface area contributed by atoms with Crippen molar-refractivity contribution in [1.82, 2.24) is 15.3 Å². The van der Waals surface area contributed by atoms with Crippen LogP contribution in [0.3, 0.4) is 0 Å². The Bertz CT molecular complexity index is 506. The standard InChI is InChI=1S/C13H15Br2N3O/c1-2-19-13-11(14)3-9(4-12(13)15)5-16-6-10-7-17-8-18-10/h3-4,7-8,16H,2,5-6H2,1H3,(H,17,18). The molecule has 19 heavy (non-hydrogen) atoms. The van der Waals surface area contributed by atoms with Crippen molar-refractivity contribution in [2.75, 3.05) is 6.61 Å². The van der Waals surface area contributed by atoms with Gasteiger partial charge in [-0.2, -0.15) is 0 Å². The fraction of sp³-hybridized carbons (Fsp3) is 0.308. The molecule has 1 aromatic carbocycles. The van der Waals surface area contributed by atoms with Gasteiger partial charge in [-0.3, -0.25) is 0 Å². The normalized spacial score (nSPS) is 10.7. The minimum Gasteiger partial charge on any atom is -0.492 e. The Kier molecular flexibility index (Phi) is 5.42. The van der Waals surface area contributed by atoms with Crippen molar-refractivity contribution in [2.24, 2.45) is 0 Å². The van der Waals surface area contributed by atoms with Gasteiger partial charge in [0, 0.05) is 25.0 Å². The Morgan fingerprint density at radius 2 is 2.00 bits per heavy atom. The quantitative estimate of drug-likeness (QED) is 0.794. The highest BCUT2D eigenvalue weighted by Crippen LogP contribution is 2.34. The van der Waals surface area contributed by atoms with Crippen molar-refractivity contribution in [2.45, 2.75) is 20.0 Å². The Hall–Kier alpha value is -0.850. The molecule has 102 valence electrons.